The van der Waals surface area contributed by atoms with Crippen molar-refractivity contribution in [1.82, 2.24) is 19.7 Å². The number of aromatic nitrogens is 4. The first-order valence-corrected chi connectivity index (χ1v) is 5.75. The van der Waals surface area contributed by atoms with E-state index in [1.165, 1.54) is 0 Å². The van der Waals surface area contributed by atoms with Crippen LogP contribution in [0.3, 0.4) is 0 Å². The number of aryl methyl sites for hydroxylation is 2. The lowest BCUT2D eigenvalue weighted by molar-refractivity contribution is 0.587. The maximum Gasteiger partial charge on any atom is 0.220 e. The Balaban J connectivity index is 2.45. The summed E-state index contributed by atoms with van der Waals surface area (Å²) in [5.41, 5.74) is 9.51. The summed E-state index contributed by atoms with van der Waals surface area (Å²) in [6, 6.07) is 1.93. The molecule has 0 bridgehead atoms. The minimum absolute atomic E-state index is 0.308. The van der Waals surface area contributed by atoms with Crippen LogP contribution >= 0.6 is 0 Å². The number of anilines is 1. The van der Waals surface area contributed by atoms with Crippen molar-refractivity contribution in [3.63, 3.8) is 0 Å². The van der Waals surface area contributed by atoms with E-state index in [1.54, 1.807) is 0 Å². The van der Waals surface area contributed by atoms with Gasteiger partial charge >= 0.3 is 0 Å². The minimum atomic E-state index is 0.308. The minimum Gasteiger partial charge on any atom is -0.368 e. The quantitative estimate of drug-likeness (QED) is 0.876. The highest BCUT2D eigenvalue weighted by atomic mass is 15.3. The molecule has 90 valence electrons. The van der Waals surface area contributed by atoms with Gasteiger partial charge in [0.2, 0.25) is 5.95 Å². The maximum absolute atomic E-state index is 5.66. The van der Waals surface area contributed by atoms with Gasteiger partial charge in [0.15, 0.2) is 0 Å². The van der Waals surface area contributed by atoms with Gasteiger partial charge in [0.25, 0.3) is 0 Å². The molecule has 2 aromatic rings. The molecular weight excluding hydrogens is 214 g/mol. The maximum atomic E-state index is 5.66. The average molecular weight is 231 g/mol. The zero-order valence-electron chi connectivity index (χ0n) is 10.4. The second-order valence-electron chi connectivity index (χ2n) is 4.12. The Labute approximate surface area is 101 Å². The second kappa shape index (κ2) is 4.53. The molecule has 0 aliphatic carbocycles. The van der Waals surface area contributed by atoms with E-state index in [0.717, 1.165) is 35.6 Å². The van der Waals surface area contributed by atoms with E-state index in [0.29, 0.717) is 5.95 Å². The van der Waals surface area contributed by atoms with Gasteiger partial charge in [-0.15, -0.1) is 0 Å². The molecule has 2 N–H and O–H groups in total. The number of hydrogen-bond acceptors (Lipinski definition) is 4. The van der Waals surface area contributed by atoms with Crippen molar-refractivity contribution in [2.24, 2.45) is 0 Å². The Kier molecular flexibility index (Phi) is 3.08. The number of nitrogens with zero attached hydrogens (tertiary/aromatic N) is 4. The number of rotatable bonds is 3. The van der Waals surface area contributed by atoms with Crippen LogP contribution in [0.5, 0.6) is 0 Å². The van der Waals surface area contributed by atoms with Crippen molar-refractivity contribution in [3.8, 4) is 11.3 Å². The monoisotopic (exact) mass is 231 g/mol. The average Bonchev–Trinajstić information content (AvgIpc) is 2.60. The topological polar surface area (TPSA) is 69.6 Å². The van der Waals surface area contributed by atoms with Crippen molar-refractivity contribution in [2.45, 2.75) is 33.7 Å². The fraction of sp³-hybridized carbons (Fsp3) is 0.417. The molecule has 0 saturated carbocycles. The molecule has 5 heteroatoms. The van der Waals surface area contributed by atoms with Gasteiger partial charge in [-0.2, -0.15) is 5.10 Å². The van der Waals surface area contributed by atoms with Gasteiger partial charge in [-0.1, -0.05) is 6.92 Å². The van der Waals surface area contributed by atoms with Crippen molar-refractivity contribution < 1.29 is 0 Å². The van der Waals surface area contributed by atoms with Gasteiger partial charge in [-0.3, -0.25) is 4.68 Å². The summed E-state index contributed by atoms with van der Waals surface area (Å²) in [6.07, 6.45) is 2.90. The zero-order valence-corrected chi connectivity index (χ0v) is 10.4. The summed E-state index contributed by atoms with van der Waals surface area (Å²) >= 11 is 0. The molecule has 17 heavy (non-hydrogen) atoms. The largest absolute Gasteiger partial charge is 0.368 e. The van der Waals surface area contributed by atoms with E-state index >= 15 is 0 Å². The lowest BCUT2D eigenvalue weighted by Crippen LogP contribution is -2.02. The second-order valence-corrected chi connectivity index (χ2v) is 4.12. The Bertz CT molecular complexity index is 509. The molecular formula is C12H17N5. The summed E-state index contributed by atoms with van der Waals surface area (Å²) in [5, 5.41) is 4.36. The molecule has 0 amide bonds. The van der Waals surface area contributed by atoms with Crippen LogP contribution in [0.4, 0.5) is 5.95 Å². The van der Waals surface area contributed by atoms with Gasteiger partial charge in [-0.25, -0.2) is 9.97 Å². The highest BCUT2D eigenvalue weighted by Gasteiger charge is 2.10. The standard InChI is InChI=1S/C12H17N5/c1-4-5-17-9(3)10(7-14-17)11-6-8(2)15-12(13)16-11/h6-7H,4-5H2,1-3H3,(H2,13,15,16). The molecule has 2 rings (SSSR count). The summed E-state index contributed by atoms with van der Waals surface area (Å²) < 4.78 is 1.99. The van der Waals surface area contributed by atoms with Gasteiger partial charge < -0.3 is 5.73 Å². The number of nitrogens with two attached hydrogens (primary N) is 1. The molecule has 0 aromatic carbocycles. The van der Waals surface area contributed by atoms with Crippen LogP contribution in [0.25, 0.3) is 11.3 Å². The smallest absolute Gasteiger partial charge is 0.220 e. The van der Waals surface area contributed by atoms with E-state index < -0.39 is 0 Å². The van der Waals surface area contributed by atoms with Crippen LogP contribution in [-0.4, -0.2) is 19.7 Å². The molecule has 0 saturated heterocycles. The molecule has 0 radical (unpaired) electrons. The first-order chi connectivity index (χ1) is 8.11. The number of nitrogen functional groups attached to an aromatic ring is 1. The third kappa shape index (κ3) is 2.27. The van der Waals surface area contributed by atoms with E-state index in [9.17, 15) is 0 Å². The van der Waals surface area contributed by atoms with Crippen LogP contribution < -0.4 is 5.73 Å². The molecule has 0 atom stereocenters. The summed E-state index contributed by atoms with van der Waals surface area (Å²) in [7, 11) is 0. The Hall–Kier alpha value is -1.91. The molecule has 2 aromatic heterocycles. The molecule has 5 nitrogen and oxygen atoms in total. The predicted molar refractivity (Wildman–Crippen MR) is 67.4 cm³/mol. The summed E-state index contributed by atoms with van der Waals surface area (Å²) in [4.78, 5) is 8.32. The van der Waals surface area contributed by atoms with Crippen LogP contribution in [0, 0.1) is 13.8 Å². The van der Waals surface area contributed by atoms with E-state index in [1.807, 2.05) is 30.8 Å². The van der Waals surface area contributed by atoms with E-state index in [4.69, 9.17) is 5.73 Å². The Morgan fingerprint density at radius 1 is 1.29 bits per heavy atom. The lowest BCUT2D eigenvalue weighted by Gasteiger charge is -2.04. The van der Waals surface area contributed by atoms with Crippen molar-refractivity contribution >= 4 is 5.95 Å². The Morgan fingerprint density at radius 2 is 2.06 bits per heavy atom. The van der Waals surface area contributed by atoms with Crippen molar-refractivity contribution in [3.05, 3.63) is 23.7 Å². The first kappa shape index (κ1) is 11.6. The lowest BCUT2D eigenvalue weighted by atomic mass is 10.1. The van der Waals surface area contributed by atoms with Gasteiger partial charge in [0.05, 0.1) is 11.9 Å². The van der Waals surface area contributed by atoms with Crippen molar-refractivity contribution in [2.75, 3.05) is 5.73 Å². The van der Waals surface area contributed by atoms with Gasteiger partial charge in [0.1, 0.15) is 0 Å². The van der Waals surface area contributed by atoms with Crippen LogP contribution in [0.15, 0.2) is 12.3 Å². The van der Waals surface area contributed by atoms with E-state index in [-0.39, 0.29) is 0 Å². The summed E-state index contributed by atoms with van der Waals surface area (Å²) in [5.74, 6) is 0.308. The van der Waals surface area contributed by atoms with E-state index in [2.05, 4.69) is 22.0 Å². The third-order valence-corrected chi connectivity index (χ3v) is 2.69. The molecule has 2 heterocycles. The zero-order chi connectivity index (χ0) is 12.4. The normalized spacial score (nSPS) is 10.8. The Morgan fingerprint density at radius 3 is 2.71 bits per heavy atom. The highest BCUT2D eigenvalue weighted by molar-refractivity contribution is 5.62. The molecule has 0 fully saturated rings. The molecule has 0 spiro atoms. The molecule has 0 unspecified atom stereocenters. The number of hydrogen-bond donors (Lipinski definition) is 1. The van der Waals surface area contributed by atoms with Crippen LogP contribution in [0.2, 0.25) is 0 Å². The summed E-state index contributed by atoms with van der Waals surface area (Å²) in [6.45, 7) is 7.01. The SMILES string of the molecule is CCCn1ncc(-c2cc(C)nc(N)n2)c1C. The van der Waals surface area contributed by atoms with Crippen molar-refractivity contribution in [1.29, 1.82) is 0 Å². The fourth-order valence-corrected chi connectivity index (χ4v) is 1.86. The van der Waals surface area contributed by atoms with Crippen LogP contribution in [0.1, 0.15) is 24.7 Å². The first-order valence-electron chi connectivity index (χ1n) is 5.75. The van der Waals surface area contributed by atoms with Crippen LogP contribution in [-0.2, 0) is 6.54 Å². The third-order valence-electron chi connectivity index (χ3n) is 2.69. The van der Waals surface area contributed by atoms with Gasteiger partial charge in [0, 0.05) is 23.5 Å². The van der Waals surface area contributed by atoms with Gasteiger partial charge in [-0.05, 0) is 26.3 Å². The molecule has 0 aliphatic rings. The molecule has 0 aliphatic heterocycles. The predicted octanol–water partition coefficient (Wildman–Crippen LogP) is 1.95. The highest BCUT2D eigenvalue weighted by Crippen LogP contribution is 2.22. The fourth-order valence-electron chi connectivity index (χ4n) is 1.86.